The van der Waals surface area contributed by atoms with Gasteiger partial charge in [0.25, 0.3) is 0 Å². The van der Waals surface area contributed by atoms with Gasteiger partial charge in [-0.05, 0) is 38.0 Å². The number of aliphatic imine (C=N–C) groups is 1. The molecule has 0 aliphatic heterocycles. The fourth-order valence-electron chi connectivity index (χ4n) is 2.58. The molecule has 2 aromatic carbocycles. The fourth-order valence-corrected chi connectivity index (χ4v) is 2.58. The normalized spacial score (nSPS) is 12.8. The van der Waals surface area contributed by atoms with Crippen LogP contribution in [0.4, 0.5) is 4.39 Å². The summed E-state index contributed by atoms with van der Waals surface area (Å²) >= 11 is 0. The lowest BCUT2D eigenvalue weighted by molar-refractivity contribution is 0.176. The summed E-state index contributed by atoms with van der Waals surface area (Å²) in [6.45, 7) is 7.53. The summed E-state index contributed by atoms with van der Waals surface area (Å²) < 4.78 is 13.7. The van der Waals surface area contributed by atoms with E-state index in [4.69, 9.17) is 0 Å². The number of nitrogens with zero attached hydrogens (tertiary/aromatic N) is 1. The number of nitrogens with one attached hydrogen (secondary N) is 2. The molecule has 0 amide bonds. The number of rotatable bonds is 6. The molecule has 0 aliphatic rings. The van der Waals surface area contributed by atoms with Gasteiger partial charge in [-0.25, -0.2) is 9.38 Å². The minimum Gasteiger partial charge on any atom is -0.386 e. The molecule has 25 heavy (non-hydrogen) atoms. The lowest BCUT2D eigenvalue weighted by atomic mass is 10.1. The van der Waals surface area contributed by atoms with E-state index in [9.17, 15) is 9.50 Å². The van der Waals surface area contributed by atoms with Crippen LogP contribution in [0.25, 0.3) is 0 Å². The number of benzene rings is 2. The standard InChI is InChI=1S/C20H26FN3O/c1-4-22-20(23-12-16-10-9-14(2)11-15(16)3)24-13-19(25)17-7-5-6-8-18(17)21/h5-11,19,25H,4,12-13H2,1-3H3,(H2,22,23,24). The Morgan fingerprint density at radius 3 is 2.60 bits per heavy atom. The van der Waals surface area contributed by atoms with Crippen LogP contribution in [0.3, 0.4) is 0 Å². The van der Waals surface area contributed by atoms with E-state index in [2.05, 4.69) is 47.7 Å². The zero-order valence-electron chi connectivity index (χ0n) is 15.0. The van der Waals surface area contributed by atoms with Crippen molar-refractivity contribution < 1.29 is 9.50 Å². The Hall–Kier alpha value is -2.40. The van der Waals surface area contributed by atoms with Crippen molar-refractivity contribution in [3.8, 4) is 0 Å². The van der Waals surface area contributed by atoms with Gasteiger partial charge in [-0.3, -0.25) is 0 Å². The highest BCUT2D eigenvalue weighted by Crippen LogP contribution is 2.15. The van der Waals surface area contributed by atoms with Gasteiger partial charge in [-0.1, -0.05) is 42.0 Å². The first-order chi connectivity index (χ1) is 12.0. The van der Waals surface area contributed by atoms with Crippen molar-refractivity contribution in [1.29, 1.82) is 0 Å². The second-order valence-electron chi connectivity index (χ2n) is 6.04. The minimum absolute atomic E-state index is 0.180. The van der Waals surface area contributed by atoms with E-state index in [0.717, 1.165) is 5.56 Å². The third-order valence-corrected chi connectivity index (χ3v) is 3.98. The van der Waals surface area contributed by atoms with Crippen LogP contribution in [-0.4, -0.2) is 24.2 Å². The van der Waals surface area contributed by atoms with Gasteiger partial charge in [0.15, 0.2) is 5.96 Å². The Morgan fingerprint density at radius 2 is 1.92 bits per heavy atom. The van der Waals surface area contributed by atoms with E-state index in [-0.39, 0.29) is 12.1 Å². The molecule has 4 nitrogen and oxygen atoms in total. The zero-order valence-corrected chi connectivity index (χ0v) is 15.0. The summed E-state index contributed by atoms with van der Waals surface area (Å²) in [5, 5.41) is 16.4. The zero-order chi connectivity index (χ0) is 18.2. The number of aliphatic hydroxyl groups is 1. The van der Waals surface area contributed by atoms with E-state index >= 15 is 0 Å². The van der Waals surface area contributed by atoms with Gasteiger partial charge in [0.1, 0.15) is 5.82 Å². The first kappa shape index (κ1) is 18.9. The SMILES string of the molecule is CCNC(=NCc1ccc(C)cc1C)NCC(O)c1ccccc1F. The Kier molecular flexibility index (Phi) is 6.95. The molecule has 2 aromatic rings. The first-order valence-electron chi connectivity index (χ1n) is 8.52. The highest BCUT2D eigenvalue weighted by atomic mass is 19.1. The highest BCUT2D eigenvalue weighted by Gasteiger charge is 2.12. The van der Waals surface area contributed by atoms with Crippen molar-refractivity contribution in [2.45, 2.75) is 33.4 Å². The average Bonchev–Trinajstić information content (AvgIpc) is 2.58. The number of aryl methyl sites for hydroxylation is 2. The van der Waals surface area contributed by atoms with Gasteiger partial charge in [0.05, 0.1) is 12.6 Å². The largest absolute Gasteiger partial charge is 0.386 e. The monoisotopic (exact) mass is 343 g/mol. The Balaban J connectivity index is 2.01. The summed E-state index contributed by atoms with van der Waals surface area (Å²) in [6, 6.07) is 12.5. The van der Waals surface area contributed by atoms with Crippen molar-refractivity contribution in [2.75, 3.05) is 13.1 Å². The quantitative estimate of drug-likeness (QED) is 0.557. The number of aliphatic hydroxyl groups excluding tert-OH is 1. The van der Waals surface area contributed by atoms with Crippen LogP contribution < -0.4 is 10.6 Å². The Bertz CT molecular complexity index is 731. The molecule has 5 heteroatoms. The molecule has 0 fully saturated rings. The molecular formula is C20H26FN3O. The van der Waals surface area contributed by atoms with Crippen molar-refractivity contribution in [2.24, 2.45) is 4.99 Å². The molecule has 3 N–H and O–H groups in total. The van der Waals surface area contributed by atoms with E-state index in [1.165, 1.54) is 17.2 Å². The molecule has 0 saturated heterocycles. The topological polar surface area (TPSA) is 56.7 Å². The predicted molar refractivity (Wildman–Crippen MR) is 100 cm³/mol. The molecule has 1 unspecified atom stereocenters. The maximum Gasteiger partial charge on any atom is 0.191 e. The molecule has 0 aromatic heterocycles. The maximum atomic E-state index is 13.7. The van der Waals surface area contributed by atoms with Crippen LogP contribution in [0, 0.1) is 19.7 Å². The van der Waals surface area contributed by atoms with Crippen LogP contribution in [-0.2, 0) is 6.54 Å². The van der Waals surface area contributed by atoms with Crippen LogP contribution in [0.1, 0.15) is 35.3 Å². The molecule has 0 heterocycles. The molecule has 0 saturated carbocycles. The molecular weight excluding hydrogens is 317 g/mol. The van der Waals surface area contributed by atoms with Gasteiger partial charge in [0.2, 0.25) is 0 Å². The smallest absolute Gasteiger partial charge is 0.191 e. The third-order valence-electron chi connectivity index (χ3n) is 3.98. The second kappa shape index (κ2) is 9.18. The number of halogens is 1. The predicted octanol–water partition coefficient (Wildman–Crippen LogP) is 3.23. The highest BCUT2D eigenvalue weighted by molar-refractivity contribution is 5.79. The first-order valence-corrected chi connectivity index (χ1v) is 8.52. The lowest BCUT2D eigenvalue weighted by Gasteiger charge is -2.16. The summed E-state index contributed by atoms with van der Waals surface area (Å²) in [5.41, 5.74) is 3.85. The summed E-state index contributed by atoms with van der Waals surface area (Å²) in [4.78, 5) is 4.55. The van der Waals surface area contributed by atoms with Crippen LogP contribution in [0.15, 0.2) is 47.5 Å². The second-order valence-corrected chi connectivity index (χ2v) is 6.04. The van der Waals surface area contributed by atoms with E-state index < -0.39 is 11.9 Å². The molecule has 0 radical (unpaired) electrons. The molecule has 0 spiro atoms. The van der Waals surface area contributed by atoms with Crippen molar-refractivity contribution >= 4 is 5.96 Å². The number of hydrogen-bond acceptors (Lipinski definition) is 2. The number of hydrogen-bond donors (Lipinski definition) is 3. The molecule has 0 aliphatic carbocycles. The average molecular weight is 343 g/mol. The summed E-state index contributed by atoms with van der Waals surface area (Å²) in [5.74, 6) is 0.187. The molecule has 2 rings (SSSR count). The molecule has 0 bridgehead atoms. The Morgan fingerprint density at radius 1 is 1.16 bits per heavy atom. The maximum absolute atomic E-state index is 13.7. The molecule has 1 atom stereocenters. The summed E-state index contributed by atoms with van der Waals surface area (Å²) in [7, 11) is 0. The van der Waals surface area contributed by atoms with Crippen molar-refractivity contribution in [3.63, 3.8) is 0 Å². The lowest BCUT2D eigenvalue weighted by Crippen LogP contribution is -2.39. The fraction of sp³-hybridized carbons (Fsp3) is 0.350. The van der Waals surface area contributed by atoms with Gasteiger partial charge < -0.3 is 15.7 Å². The minimum atomic E-state index is -0.939. The van der Waals surface area contributed by atoms with E-state index in [1.54, 1.807) is 18.2 Å². The van der Waals surface area contributed by atoms with Crippen molar-refractivity contribution in [3.05, 3.63) is 70.5 Å². The number of guanidine groups is 1. The summed E-state index contributed by atoms with van der Waals surface area (Å²) in [6.07, 6.45) is -0.939. The van der Waals surface area contributed by atoms with Crippen LogP contribution >= 0.6 is 0 Å². The van der Waals surface area contributed by atoms with E-state index in [1.807, 2.05) is 6.92 Å². The van der Waals surface area contributed by atoms with E-state index in [0.29, 0.717) is 19.0 Å². The van der Waals surface area contributed by atoms with Gasteiger partial charge in [-0.2, -0.15) is 0 Å². The van der Waals surface area contributed by atoms with Crippen LogP contribution in [0.5, 0.6) is 0 Å². The third kappa shape index (κ3) is 5.57. The molecule has 134 valence electrons. The van der Waals surface area contributed by atoms with Crippen molar-refractivity contribution in [1.82, 2.24) is 10.6 Å². The van der Waals surface area contributed by atoms with Gasteiger partial charge >= 0.3 is 0 Å². The van der Waals surface area contributed by atoms with Crippen LogP contribution in [0.2, 0.25) is 0 Å². The van der Waals surface area contributed by atoms with Gasteiger partial charge in [-0.15, -0.1) is 0 Å². The Labute approximate surface area is 148 Å². The van der Waals surface area contributed by atoms with Gasteiger partial charge in [0, 0.05) is 18.7 Å².